The van der Waals surface area contributed by atoms with E-state index in [0.717, 1.165) is 27.6 Å². The molecule has 5 aromatic rings. The summed E-state index contributed by atoms with van der Waals surface area (Å²) in [6, 6.07) is 28.7. The Morgan fingerprint density at radius 3 is 2.15 bits per heavy atom. The summed E-state index contributed by atoms with van der Waals surface area (Å²) < 4.78 is 40.0. The van der Waals surface area contributed by atoms with Crippen LogP contribution in [-0.4, -0.2) is 20.4 Å². The van der Waals surface area contributed by atoms with Gasteiger partial charge in [0.2, 0.25) is 10.0 Å². The highest BCUT2D eigenvalue weighted by Crippen LogP contribution is 2.26. The van der Waals surface area contributed by atoms with E-state index in [-0.39, 0.29) is 22.6 Å². The van der Waals surface area contributed by atoms with Gasteiger partial charge < -0.3 is 9.15 Å². The molecule has 208 valence electrons. The molecular weight excluding hydrogens is 538 g/mol. The molecular formula is C33H29NO6S. The fraction of sp³-hybridized carbons (Fsp3) is 0.152. The largest absolute Gasteiger partial charge is 0.425 e. The van der Waals surface area contributed by atoms with Gasteiger partial charge in [-0.1, -0.05) is 78.4 Å². The predicted molar refractivity (Wildman–Crippen MR) is 158 cm³/mol. The second kappa shape index (κ2) is 11.9. The van der Waals surface area contributed by atoms with Crippen LogP contribution in [0.3, 0.4) is 0 Å². The Morgan fingerprint density at radius 1 is 0.854 bits per heavy atom. The van der Waals surface area contributed by atoms with Crippen LogP contribution in [0.5, 0.6) is 5.75 Å². The van der Waals surface area contributed by atoms with Crippen molar-refractivity contribution in [2.75, 3.05) is 0 Å². The molecule has 0 bridgehead atoms. The summed E-state index contributed by atoms with van der Waals surface area (Å²) in [5.74, 6) is -0.655. The number of fused-ring (bicyclic) bond motifs is 1. The van der Waals surface area contributed by atoms with Crippen molar-refractivity contribution >= 4 is 27.0 Å². The molecule has 1 atom stereocenters. The van der Waals surface area contributed by atoms with E-state index in [0.29, 0.717) is 12.0 Å². The molecule has 0 saturated carbocycles. The van der Waals surface area contributed by atoms with Crippen LogP contribution in [0.4, 0.5) is 0 Å². The van der Waals surface area contributed by atoms with Crippen molar-refractivity contribution in [2.24, 2.45) is 0 Å². The first kappa shape index (κ1) is 28.0. The van der Waals surface area contributed by atoms with Gasteiger partial charge in [0.15, 0.2) is 0 Å². The summed E-state index contributed by atoms with van der Waals surface area (Å²) in [4.78, 5) is 26.3. The van der Waals surface area contributed by atoms with Gasteiger partial charge in [-0.05, 0) is 61.2 Å². The van der Waals surface area contributed by atoms with Crippen molar-refractivity contribution < 1.29 is 22.4 Å². The Balaban J connectivity index is 1.41. The highest BCUT2D eigenvalue weighted by atomic mass is 32.2. The minimum atomic E-state index is -4.02. The van der Waals surface area contributed by atoms with Crippen LogP contribution in [0.25, 0.3) is 11.0 Å². The zero-order valence-electron chi connectivity index (χ0n) is 22.7. The zero-order chi connectivity index (χ0) is 29.0. The summed E-state index contributed by atoms with van der Waals surface area (Å²) in [5.41, 5.74) is 3.81. The smallest absolute Gasteiger partial charge is 0.340 e. The molecule has 0 aliphatic rings. The van der Waals surface area contributed by atoms with Gasteiger partial charge in [-0.25, -0.2) is 18.0 Å². The molecule has 0 amide bonds. The lowest BCUT2D eigenvalue weighted by Gasteiger charge is -2.18. The van der Waals surface area contributed by atoms with Gasteiger partial charge in [0.1, 0.15) is 17.4 Å². The molecule has 0 radical (unpaired) electrons. The normalized spacial score (nSPS) is 12.2. The van der Waals surface area contributed by atoms with Crippen LogP contribution in [0, 0.1) is 13.8 Å². The Labute approximate surface area is 238 Å². The molecule has 0 fully saturated rings. The Hall–Kier alpha value is -4.53. The van der Waals surface area contributed by atoms with E-state index >= 15 is 0 Å². The van der Waals surface area contributed by atoms with Crippen LogP contribution >= 0.6 is 0 Å². The summed E-state index contributed by atoms with van der Waals surface area (Å²) in [6.45, 7) is 3.72. The monoisotopic (exact) mass is 567 g/mol. The molecule has 0 unspecified atom stereocenters. The molecule has 1 N–H and O–H groups in total. The van der Waals surface area contributed by atoms with E-state index in [1.54, 1.807) is 36.4 Å². The van der Waals surface area contributed by atoms with Crippen LogP contribution in [0.15, 0.2) is 117 Å². The molecule has 0 spiro atoms. The fourth-order valence-corrected chi connectivity index (χ4v) is 5.81. The first-order chi connectivity index (χ1) is 19.7. The maximum absolute atomic E-state index is 13.4. The first-order valence-corrected chi connectivity index (χ1v) is 14.6. The maximum atomic E-state index is 13.4. The second-order valence-electron chi connectivity index (χ2n) is 9.91. The average Bonchev–Trinajstić information content (AvgIpc) is 2.96. The standard InChI is InChI=1S/C33H29NO6S/c1-22-13-16-27(17-14-22)41(37,38)34-30(20-25-11-7-4-8-12-25)33(36)39-26-15-18-28-23(2)29(32(35)40-31(28)21-26)19-24-9-5-3-6-10-24/h3-18,21,30,34H,19-20H2,1-2H3/t30-/m1/s1. The van der Waals surface area contributed by atoms with Crippen molar-refractivity contribution in [3.63, 3.8) is 0 Å². The first-order valence-electron chi connectivity index (χ1n) is 13.1. The summed E-state index contributed by atoms with van der Waals surface area (Å²) in [5, 5.41) is 0.719. The number of rotatable bonds is 9. The van der Waals surface area contributed by atoms with Gasteiger partial charge in [0.05, 0.1) is 4.90 Å². The molecule has 7 nitrogen and oxygen atoms in total. The van der Waals surface area contributed by atoms with E-state index in [2.05, 4.69) is 4.72 Å². The molecule has 41 heavy (non-hydrogen) atoms. The third kappa shape index (κ3) is 6.62. The zero-order valence-corrected chi connectivity index (χ0v) is 23.5. The van der Waals surface area contributed by atoms with E-state index < -0.39 is 27.7 Å². The number of benzene rings is 4. The Morgan fingerprint density at radius 2 is 1.49 bits per heavy atom. The Kier molecular flexibility index (Phi) is 8.14. The van der Waals surface area contributed by atoms with Crippen LogP contribution in [0.1, 0.15) is 27.8 Å². The molecule has 1 heterocycles. The quantitative estimate of drug-likeness (QED) is 0.143. The van der Waals surface area contributed by atoms with Crippen molar-refractivity contribution in [2.45, 2.75) is 37.6 Å². The van der Waals surface area contributed by atoms with Gasteiger partial charge in [0.25, 0.3) is 0 Å². The van der Waals surface area contributed by atoms with Crippen LogP contribution in [-0.2, 0) is 27.7 Å². The summed E-state index contributed by atoms with van der Waals surface area (Å²) >= 11 is 0. The van der Waals surface area contributed by atoms with Gasteiger partial charge in [0, 0.05) is 23.4 Å². The molecule has 1 aromatic heterocycles. The molecule has 0 aliphatic heterocycles. The minimum absolute atomic E-state index is 0.0447. The number of nitrogens with one attached hydrogen (secondary N) is 1. The number of hydrogen-bond donors (Lipinski definition) is 1. The third-order valence-electron chi connectivity index (χ3n) is 6.90. The van der Waals surface area contributed by atoms with E-state index in [1.165, 1.54) is 18.2 Å². The van der Waals surface area contributed by atoms with Gasteiger partial charge >= 0.3 is 11.6 Å². The number of carbonyl (C=O) groups is 1. The predicted octanol–water partition coefficient (Wildman–Crippen LogP) is 5.50. The summed E-state index contributed by atoms with van der Waals surface area (Å²) in [7, 11) is -4.02. The molecule has 5 rings (SSSR count). The second-order valence-corrected chi connectivity index (χ2v) is 11.6. The lowest BCUT2D eigenvalue weighted by atomic mass is 10.00. The number of aryl methyl sites for hydroxylation is 2. The van der Waals surface area contributed by atoms with E-state index in [9.17, 15) is 18.0 Å². The number of carbonyl (C=O) groups excluding carboxylic acids is 1. The molecule has 0 saturated heterocycles. The fourth-order valence-electron chi connectivity index (χ4n) is 4.63. The lowest BCUT2D eigenvalue weighted by Crippen LogP contribution is -2.44. The molecule has 8 heteroatoms. The number of ether oxygens (including phenoxy) is 1. The SMILES string of the molecule is Cc1ccc(S(=O)(=O)N[C@H](Cc2ccccc2)C(=O)Oc2ccc3c(C)c(Cc4ccccc4)c(=O)oc3c2)cc1. The number of hydrogen-bond acceptors (Lipinski definition) is 6. The van der Waals surface area contributed by atoms with Crippen molar-refractivity contribution in [3.8, 4) is 5.75 Å². The van der Waals surface area contributed by atoms with Crippen LogP contribution in [0.2, 0.25) is 0 Å². The Bertz CT molecular complexity index is 1850. The van der Waals surface area contributed by atoms with Crippen LogP contribution < -0.4 is 15.1 Å². The topological polar surface area (TPSA) is 103 Å². The van der Waals surface area contributed by atoms with E-state index in [4.69, 9.17) is 9.15 Å². The lowest BCUT2D eigenvalue weighted by molar-refractivity contribution is -0.136. The van der Waals surface area contributed by atoms with Crippen molar-refractivity contribution in [1.29, 1.82) is 0 Å². The third-order valence-corrected chi connectivity index (χ3v) is 8.38. The number of sulfonamides is 1. The molecule has 4 aromatic carbocycles. The van der Waals surface area contributed by atoms with Crippen molar-refractivity contribution in [1.82, 2.24) is 4.72 Å². The number of esters is 1. The minimum Gasteiger partial charge on any atom is -0.425 e. The van der Waals surface area contributed by atoms with Gasteiger partial charge in [-0.15, -0.1) is 0 Å². The highest BCUT2D eigenvalue weighted by molar-refractivity contribution is 7.89. The van der Waals surface area contributed by atoms with Gasteiger partial charge in [-0.2, -0.15) is 4.72 Å². The van der Waals surface area contributed by atoms with Gasteiger partial charge in [-0.3, -0.25) is 0 Å². The average molecular weight is 568 g/mol. The highest BCUT2D eigenvalue weighted by Gasteiger charge is 2.28. The summed E-state index contributed by atoms with van der Waals surface area (Å²) in [6.07, 6.45) is 0.513. The van der Waals surface area contributed by atoms with E-state index in [1.807, 2.05) is 62.4 Å². The maximum Gasteiger partial charge on any atom is 0.340 e. The van der Waals surface area contributed by atoms with Crippen molar-refractivity contribution in [3.05, 3.63) is 141 Å². The molecule has 0 aliphatic carbocycles.